The summed E-state index contributed by atoms with van der Waals surface area (Å²) < 4.78 is 12.6. The van der Waals surface area contributed by atoms with Crippen LogP contribution in [0.1, 0.15) is 34.2 Å². The van der Waals surface area contributed by atoms with E-state index in [0.717, 1.165) is 11.4 Å². The number of aryl methyl sites for hydroxylation is 1. The molecule has 33 heavy (non-hydrogen) atoms. The summed E-state index contributed by atoms with van der Waals surface area (Å²) >= 11 is 0. The van der Waals surface area contributed by atoms with E-state index in [1.165, 1.54) is 0 Å². The topological polar surface area (TPSA) is 101 Å². The molecule has 0 fully saturated rings. The van der Waals surface area contributed by atoms with Crippen LogP contribution in [0.25, 0.3) is 0 Å². The number of amides is 1. The zero-order chi connectivity index (χ0) is 23.1. The molecule has 0 unspecified atom stereocenters. The number of imidazole rings is 1. The number of hydrogen-bond donors (Lipinski definition) is 2. The van der Waals surface area contributed by atoms with Gasteiger partial charge in [-0.1, -0.05) is 6.07 Å². The number of benzene rings is 2. The number of methoxy groups -OCH3 is 2. The van der Waals surface area contributed by atoms with Crippen LogP contribution in [0.5, 0.6) is 11.5 Å². The van der Waals surface area contributed by atoms with E-state index in [2.05, 4.69) is 21.7 Å². The number of hydrogen-bond acceptors (Lipinski definition) is 6. The van der Waals surface area contributed by atoms with E-state index in [0.29, 0.717) is 41.4 Å². The Balaban J connectivity index is 0.00000385. The highest BCUT2D eigenvalue weighted by molar-refractivity contribution is 6.00. The molecule has 2 N–H and O–H groups in total. The quantitative estimate of drug-likeness (QED) is 0.492. The molecule has 1 amide bonds. The van der Waals surface area contributed by atoms with Gasteiger partial charge in [-0.05, 0) is 49.7 Å². The predicted octanol–water partition coefficient (Wildman–Crippen LogP) is 3.93. The molecule has 174 valence electrons. The van der Waals surface area contributed by atoms with Crippen molar-refractivity contribution in [2.75, 3.05) is 19.5 Å². The Morgan fingerprint density at radius 1 is 1.18 bits per heavy atom. The fourth-order valence-corrected chi connectivity index (χ4v) is 3.40. The SMILES string of the molecule is COc1ccc(CNC(=O)c2cc(C#N)ccc2N[C@@H](C)Cn2ccnc2C)cc1OC.Cl. The fraction of sp³-hybridized carbons (Fsp3) is 0.292. The summed E-state index contributed by atoms with van der Waals surface area (Å²) in [6, 6.07) is 12.7. The molecule has 1 atom stereocenters. The van der Waals surface area contributed by atoms with Gasteiger partial charge in [0.15, 0.2) is 11.5 Å². The molecule has 2 aromatic carbocycles. The summed E-state index contributed by atoms with van der Waals surface area (Å²) in [5, 5.41) is 15.6. The average Bonchev–Trinajstić information content (AvgIpc) is 3.21. The van der Waals surface area contributed by atoms with Crippen molar-refractivity contribution >= 4 is 24.0 Å². The van der Waals surface area contributed by atoms with Gasteiger partial charge >= 0.3 is 0 Å². The predicted molar refractivity (Wildman–Crippen MR) is 129 cm³/mol. The van der Waals surface area contributed by atoms with E-state index in [9.17, 15) is 10.1 Å². The number of carbonyl (C=O) groups is 1. The summed E-state index contributed by atoms with van der Waals surface area (Å²) in [6.45, 7) is 4.97. The van der Waals surface area contributed by atoms with E-state index < -0.39 is 0 Å². The van der Waals surface area contributed by atoms with Gasteiger partial charge < -0.3 is 24.7 Å². The molecule has 3 rings (SSSR count). The maximum absolute atomic E-state index is 13.0. The minimum Gasteiger partial charge on any atom is -0.493 e. The molecule has 0 saturated carbocycles. The van der Waals surface area contributed by atoms with Crippen LogP contribution in [0.4, 0.5) is 5.69 Å². The molecule has 0 aliphatic rings. The Morgan fingerprint density at radius 3 is 2.58 bits per heavy atom. The van der Waals surface area contributed by atoms with Crippen LogP contribution < -0.4 is 20.1 Å². The summed E-state index contributed by atoms with van der Waals surface area (Å²) in [5.74, 6) is 1.87. The zero-order valence-electron chi connectivity index (χ0n) is 19.1. The second kappa shape index (κ2) is 11.8. The minimum atomic E-state index is -0.273. The Hall–Kier alpha value is -3.70. The van der Waals surface area contributed by atoms with Gasteiger partial charge in [-0.15, -0.1) is 12.4 Å². The minimum absolute atomic E-state index is 0. The van der Waals surface area contributed by atoms with Crippen molar-refractivity contribution in [1.29, 1.82) is 5.26 Å². The summed E-state index contributed by atoms with van der Waals surface area (Å²) in [7, 11) is 3.14. The molecule has 9 heteroatoms. The van der Waals surface area contributed by atoms with Crippen LogP contribution >= 0.6 is 12.4 Å². The fourth-order valence-electron chi connectivity index (χ4n) is 3.40. The summed E-state index contributed by atoms with van der Waals surface area (Å²) in [4.78, 5) is 17.2. The monoisotopic (exact) mass is 469 g/mol. The van der Waals surface area contributed by atoms with E-state index in [1.54, 1.807) is 44.7 Å². The molecule has 0 bridgehead atoms. The standard InChI is InChI=1S/C24H27N5O3.ClH/c1-16(15-29-10-9-26-17(29)2)28-21-7-5-18(13-25)11-20(21)24(30)27-14-19-6-8-22(31-3)23(12-19)32-4;/h5-12,16,28H,14-15H2,1-4H3,(H,27,30);1H/t16-;/m0./s1. The third-order valence-corrected chi connectivity index (χ3v) is 5.09. The third kappa shape index (κ3) is 6.40. The summed E-state index contributed by atoms with van der Waals surface area (Å²) in [6.07, 6.45) is 3.68. The Kier molecular flexibility index (Phi) is 9.13. The number of halogens is 1. The van der Waals surface area contributed by atoms with Crippen molar-refractivity contribution in [2.24, 2.45) is 0 Å². The first-order valence-corrected chi connectivity index (χ1v) is 10.2. The lowest BCUT2D eigenvalue weighted by Gasteiger charge is -2.19. The van der Waals surface area contributed by atoms with E-state index in [1.807, 2.05) is 36.7 Å². The van der Waals surface area contributed by atoms with Gasteiger partial charge in [0.05, 0.1) is 31.4 Å². The van der Waals surface area contributed by atoms with Gasteiger partial charge in [-0.3, -0.25) is 4.79 Å². The van der Waals surface area contributed by atoms with E-state index in [4.69, 9.17) is 9.47 Å². The lowest BCUT2D eigenvalue weighted by molar-refractivity contribution is 0.0951. The summed E-state index contributed by atoms with van der Waals surface area (Å²) in [5.41, 5.74) is 2.37. The van der Waals surface area contributed by atoms with Gasteiger partial charge in [-0.25, -0.2) is 4.98 Å². The molecule has 0 radical (unpaired) electrons. The van der Waals surface area contributed by atoms with Crippen molar-refractivity contribution < 1.29 is 14.3 Å². The van der Waals surface area contributed by atoms with Crippen LogP contribution in [0.15, 0.2) is 48.8 Å². The molecular weight excluding hydrogens is 442 g/mol. The smallest absolute Gasteiger partial charge is 0.253 e. The zero-order valence-corrected chi connectivity index (χ0v) is 19.9. The van der Waals surface area contributed by atoms with Crippen LogP contribution in [-0.4, -0.2) is 35.7 Å². The van der Waals surface area contributed by atoms with Crippen molar-refractivity contribution in [3.63, 3.8) is 0 Å². The molecule has 1 aromatic heterocycles. The number of rotatable bonds is 9. The van der Waals surface area contributed by atoms with Gasteiger partial charge in [0.2, 0.25) is 0 Å². The Labute approximate surface area is 200 Å². The number of ether oxygens (including phenoxy) is 2. The highest BCUT2D eigenvalue weighted by atomic mass is 35.5. The number of aromatic nitrogens is 2. The molecule has 0 spiro atoms. The second-order valence-electron chi connectivity index (χ2n) is 7.42. The highest BCUT2D eigenvalue weighted by Crippen LogP contribution is 2.27. The van der Waals surface area contributed by atoms with Crippen molar-refractivity contribution in [3.8, 4) is 17.6 Å². The average molecular weight is 470 g/mol. The van der Waals surface area contributed by atoms with Gasteiger partial charge in [0.1, 0.15) is 5.82 Å². The van der Waals surface area contributed by atoms with Gasteiger partial charge in [0, 0.05) is 37.2 Å². The van der Waals surface area contributed by atoms with Gasteiger partial charge in [-0.2, -0.15) is 5.26 Å². The van der Waals surface area contributed by atoms with Crippen LogP contribution in [-0.2, 0) is 13.1 Å². The third-order valence-electron chi connectivity index (χ3n) is 5.09. The molecule has 0 aliphatic heterocycles. The molecule has 1 heterocycles. The van der Waals surface area contributed by atoms with Crippen molar-refractivity contribution in [1.82, 2.24) is 14.9 Å². The Bertz CT molecular complexity index is 1140. The molecule has 0 saturated heterocycles. The molecule has 0 aliphatic carbocycles. The molecule has 3 aromatic rings. The molecular formula is C24H28ClN5O3. The number of anilines is 1. The lowest BCUT2D eigenvalue weighted by atomic mass is 10.1. The van der Waals surface area contributed by atoms with E-state index >= 15 is 0 Å². The van der Waals surface area contributed by atoms with Crippen LogP contribution in [0.2, 0.25) is 0 Å². The van der Waals surface area contributed by atoms with Crippen LogP contribution in [0, 0.1) is 18.3 Å². The maximum Gasteiger partial charge on any atom is 0.253 e. The first-order valence-electron chi connectivity index (χ1n) is 10.2. The normalized spacial score (nSPS) is 11.0. The number of nitrogens with zero attached hydrogens (tertiary/aromatic N) is 3. The number of carbonyl (C=O) groups excluding carboxylic acids is 1. The second-order valence-corrected chi connectivity index (χ2v) is 7.42. The number of nitrogens with one attached hydrogen (secondary N) is 2. The highest BCUT2D eigenvalue weighted by Gasteiger charge is 2.15. The first-order chi connectivity index (χ1) is 15.4. The largest absolute Gasteiger partial charge is 0.493 e. The van der Waals surface area contributed by atoms with Crippen LogP contribution in [0.3, 0.4) is 0 Å². The van der Waals surface area contributed by atoms with Crippen molar-refractivity contribution in [3.05, 3.63) is 71.3 Å². The van der Waals surface area contributed by atoms with Gasteiger partial charge in [0.25, 0.3) is 5.91 Å². The molecule has 8 nitrogen and oxygen atoms in total. The Morgan fingerprint density at radius 2 is 1.94 bits per heavy atom. The maximum atomic E-state index is 13.0. The number of nitriles is 1. The lowest BCUT2D eigenvalue weighted by Crippen LogP contribution is -2.27. The first kappa shape index (κ1) is 25.6. The van der Waals surface area contributed by atoms with E-state index in [-0.39, 0.29) is 24.4 Å². The van der Waals surface area contributed by atoms with Crippen molar-refractivity contribution in [2.45, 2.75) is 33.0 Å².